The summed E-state index contributed by atoms with van der Waals surface area (Å²) in [6.45, 7) is 6.33. The van der Waals surface area contributed by atoms with Crippen LogP contribution >= 0.6 is 0 Å². The summed E-state index contributed by atoms with van der Waals surface area (Å²) in [5.74, 6) is -0.519. The van der Waals surface area contributed by atoms with Crippen LogP contribution in [0.1, 0.15) is 44.1 Å². The third kappa shape index (κ3) is 4.90. The molecule has 2 heterocycles. The minimum absolute atomic E-state index is 0.0699. The molecule has 0 bridgehead atoms. The Morgan fingerprint density at radius 1 is 1.15 bits per heavy atom. The van der Waals surface area contributed by atoms with E-state index < -0.39 is 11.3 Å². The van der Waals surface area contributed by atoms with Gasteiger partial charge in [-0.2, -0.15) is 0 Å². The van der Waals surface area contributed by atoms with E-state index in [0.717, 1.165) is 0 Å². The fourth-order valence-electron chi connectivity index (χ4n) is 2.48. The third-order valence-electron chi connectivity index (χ3n) is 4.09. The van der Waals surface area contributed by atoms with Crippen LogP contribution in [0.5, 0.6) is 0 Å². The fourth-order valence-corrected chi connectivity index (χ4v) is 2.48. The van der Waals surface area contributed by atoms with Crippen molar-refractivity contribution in [2.75, 3.05) is 25.5 Å². The average molecular weight is 363 g/mol. The molecule has 9 heteroatoms. The molecule has 26 heavy (non-hydrogen) atoms. The molecule has 142 valence electrons. The number of carbonyl (C=O) groups is 3. The summed E-state index contributed by atoms with van der Waals surface area (Å²) in [6, 6.07) is -0.0865. The molecule has 3 amide bonds. The monoisotopic (exact) mass is 363 g/mol. The van der Waals surface area contributed by atoms with E-state index in [0.29, 0.717) is 25.9 Å². The Labute approximate surface area is 152 Å². The van der Waals surface area contributed by atoms with Gasteiger partial charge in [0, 0.05) is 36.9 Å². The molecule has 0 saturated carbocycles. The summed E-state index contributed by atoms with van der Waals surface area (Å²) in [7, 11) is 1.34. The molecule has 1 aromatic heterocycles. The van der Waals surface area contributed by atoms with E-state index in [1.54, 1.807) is 25.7 Å². The average Bonchev–Trinajstić information content (AvgIpc) is 2.61. The quantitative estimate of drug-likeness (QED) is 0.840. The molecule has 2 rings (SSSR count). The van der Waals surface area contributed by atoms with Crippen molar-refractivity contribution >= 4 is 23.7 Å². The molecule has 0 unspecified atom stereocenters. The van der Waals surface area contributed by atoms with Crippen LogP contribution in [0, 0.1) is 5.41 Å². The third-order valence-corrected chi connectivity index (χ3v) is 4.09. The lowest BCUT2D eigenvalue weighted by Gasteiger charge is -2.31. The molecule has 9 nitrogen and oxygen atoms in total. The molecule has 0 atom stereocenters. The maximum atomic E-state index is 12.6. The van der Waals surface area contributed by atoms with Crippen molar-refractivity contribution in [1.29, 1.82) is 0 Å². The van der Waals surface area contributed by atoms with Crippen LogP contribution in [0.4, 0.5) is 10.6 Å². The summed E-state index contributed by atoms with van der Waals surface area (Å²) in [5.41, 5.74) is -0.549. The Morgan fingerprint density at radius 2 is 1.77 bits per heavy atom. The summed E-state index contributed by atoms with van der Waals surface area (Å²) >= 11 is 0. The Bertz CT molecular complexity index is 678. The zero-order valence-corrected chi connectivity index (χ0v) is 15.5. The van der Waals surface area contributed by atoms with Gasteiger partial charge in [0.05, 0.1) is 7.11 Å². The van der Waals surface area contributed by atoms with Crippen LogP contribution in [-0.4, -0.2) is 59.0 Å². The number of methoxy groups -OCH3 is 1. The van der Waals surface area contributed by atoms with Gasteiger partial charge < -0.3 is 20.3 Å². The van der Waals surface area contributed by atoms with E-state index >= 15 is 0 Å². The van der Waals surface area contributed by atoms with Gasteiger partial charge in [0.25, 0.3) is 5.91 Å². The molecule has 1 aromatic rings. The highest BCUT2D eigenvalue weighted by molar-refractivity contribution is 6.02. The van der Waals surface area contributed by atoms with Crippen molar-refractivity contribution in [3.05, 3.63) is 18.1 Å². The van der Waals surface area contributed by atoms with Crippen LogP contribution in [0.2, 0.25) is 0 Å². The predicted octanol–water partition coefficient (Wildman–Crippen LogP) is 1.42. The predicted molar refractivity (Wildman–Crippen MR) is 94.6 cm³/mol. The Balaban J connectivity index is 2.00. The van der Waals surface area contributed by atoms with Gasteiger partial charge in [-0.1, -0.05) is 20.8 Å². The molecule has 0 aliphatic carbocycles. The van der Waals surface area contributed by atoms with Crippen molar-refractivity contribution in [2.24, 2.45) is 5.41 Å². The van der Waals surface area contributed by atoms with Crippen LogP contribution < -0.4 is 10.6 Å². The summed E-state index contributed by atoms with van der Waals surface area (Å²) in [6.07, 6.45) is 3.69. The van der Waals surface area contributed by atoms with Gasteiger partial charge in [-0.3, -0.25) is 9.59 Å². The molecule has 0 spiro atoms. The number of ether oxygens (including phenoxy) is 1. The molecular weight excluding hydrogens is 338 g/mol. The zero-order valence-electron chi connectivity index (χ0n) is 15.5. The van der Waals surface area contributed by atoms with Crippen LogP contribution in [0.25, 0.3) is 0 Å². The largest absolute Gasteiger partial charge is 0.453 e. The standard InChI is InChI=1S/C17H25N5O4/c1-17(2,3)15(24)21-13-12(18-7-8-19-13)14(23)20-11-5-9-22(10-6-11)16(25)26-4/h7-8,11H,5-6,9-10H2,1-4H3,(H,20,23)(H,19,21,24). The number of amides is 3. The smallest absolute Gasteiger partial charge is 0.409 e. The number of aromatic nitrogens is 2. The van der Waals surface area contributed by atoms with Gasteiger partial charge in [-0.15, -0.1) is 0 Å². The van der Waals surface area contributed by atoms with Crippen molar-refractivity contribution in [1.82, 2.24) is 20.2 Å². The first kappa shape index (κ1) is 19.6. The highest BCUT2D eigenvalue weighted by Crippen LogP contribution is 2.18. The first-order valence-corrected chi connectivity index (χ1v) is 8.48. The number of piperidine rings is 1. The van der Waals surface area contributed by atoms with E-state index in [2.05, 4.69) is 20.6 Å². The number of hydrogen-bond donors (Lipinski definition) is 2. The number of nitrogens with zero attached hydrogens (tertiary/aromatic N) is 3. The molecule has 1 saturated heterocycles. The minimum Gasteiger partial charge on any atom is -0.453 e. The summed E-state index contributed by atoms with van der Waals surface area (Å²) < 4.78 is 4.70. The van der Waals surface area contributed by atoms with E-state index in [1.165, 1.54) is 19.5 Å². The van der Waals surface area contributed by atoms with Gasteiger partial charge in [-0.05, 0) is 12.8 Å². The van der Waals surface area contributed by atoms with Crippen LogP contribution in [-0.2, 0) is 9.53 Å². The molecular formula is C17H25N5O4. The SMILES string of the molecule is COC(=O)N1CCC(NC(=O)c2nccnc2NC(=O)C(C)(C)C)CC1. The second kappa shape index (κ2) is 8.11. The van der Waals surface area contributed by atoms with Crippen molar-refractivity contribution < 1.29 is 19.1 Å². The van der Waals surface area contributed by atoms with Gasteiger partial charge >= 0.3 is 6.09 Å². The van der Waals surface area contributed by atoms with Crippen molar-refractivity contribution in [3.63, 3.8) is 0 Å². The van der Waals surface area contributed by atoms with Crippen molar-refractivity contribution in [3.8, 4) is 0 Å². The number of anilines is 1. The second-order valence-corrected chi connectivity index (χ2v) is 7.16. The van der Waals surface area contributed by atoms with Crippen LogP contribution in [0.15, 0.2) is 12.4 Å². The van der Waals surface area contributed by atoms with Gasteiger partial charge in [-0.25, -0.2) is 14.8 Å². The highest BCUT2D eigenvalue weighted by Gasteiger charge is 2.27. The Kier molecular flexibility index (Phi) is 6.12. The molecule has 1 aliphatic heterocycles. The lowest BCUT2D eigenvalue weighted by Crippen LogP contribution is -2.46. The molecule has 0 radical (unpaired) electrons. The van der Waals surface area contributed by atoms with Crippen LogP contribution in [0.3, 0.4) is 0 Å². The molecule has 0 aromatic carbocycles. The van der Waals surface area contributed by atoms with Gasteiger partial charge in [0.2, 0.25) is 5.91 Å². The van der Waals surface area contributed by atoms with E-state index in [1.807, 2.05) is 0 Å². The molecule has 2 N–H and O–H groups in total. The summed E-state index contributed by atoms with van der Waals surface area (Å²) in [5, 5.41) is 5.55. The maximum absolute atomic E-state index is 12.6. The van der Waals surface area contributed by atoms with Gasteiger partial charge in [0.1, 0.15) is 0 Å². The molecule has 1 aliphatic rings. The topological polar surface area (TPSA) is 114 Å². The maximum Gasteiger partial charge on any atom is 0.409 e. The number of rotatable bonds is 3. The number of likely N-dealkylation sites (tertiary alicyclic amines) is 1. The van der Waals surface area contributed by atoms with E-state index in [-0.39, 0.29) is 29.6 Å². The number of nitrogens with one attached hydrogen (secondary N) is 2. The second-order valence-electron chi connectivity index (χ2n) is 7.16. The van der Waals surface area contributed by atoms with Gasteiger partial charge in [0.15, 0.2) is 11.5 Å². The normalized spacial score (nSPS) is 15.3. The Morgan fingerprint density at radius 3 is 2.35 bits per heavy atom. The summed E-state index contributed by atoms with van der Waals surface area (Å²) in [4.78, 5) is 46.0. The molecule has 1 fully saturated rings. The highest BCUT2D eigenvalue weighted by atomic mass is 16.5. The first-order valence-electron chi connectivity index (χ1n) is 8.48. The first-order chi connectivity index (χ1) is 12.2. The van der Waals surface area contributed by atoms with Crippen molar-refractivity contribution in [2.45, 2.75) is 39.7 Å². The zero-order chi connectivity index (χ0) is 19.3. The van der Waals surface area contributed by atoms with E-state index in [4.69, 9.17) is 4.74 Å². The Hall–Kier alpha value is -2.71. The fraction of sp³-hybridized carbons (Fsp3) is 0.588. The minimum atomic E-state index is -0.619. The van der Waals surface area contributed by atoms with E-state index in [9.17, 15) is 14.4 Å². The number of carbonyl (C=O) groups excluding carboxylic acids is 3. The lowest BCUT2D eigenvalue weighted by molar-refractivity contribution is -0.123. The number of hydrogen-bond acceptors (Lipinski definition) is 6. The lowest BCUT2D eigenvalue weighted by atomic mass is 9.96.